The Morgan fingerprint density at radius 2 is 1.20 bits per heavy atom. The van der Waals surface area contributed by atoms with Crippen molar-refractivity contribution in [3.8, 4) is 11.1 Å². The minimum atomic E-state index is 1.28. The van der Waals surface area contributed by atoms with Crippen LogP contribution in [0, 0.1) is 6.92 Å². The number of benzene rings is 2. The molecule has 0 aliphatic heterocycles. The topological polar surface area (TPSA) is 17.1 Å². The molecule has 0 aliphatic rings. The van der Waals surface area contributed by atoms with Crippen LogP contribution < -0.4 is 0 Å². The Kier molecular flexibility index (Phi) is 4.30. The van der Waals surface area contributed by atoms with E-state index < -0.39 is 0 Å². The Morgan fingerprint density at radius 1 is 0.733 bits per heavy atom. The van der Waals surface area contributed by atoms with Gasteiger partial charge in [0.15, 0.2) is 0 Å². The summed E-state index contributed by atoms with van der Waals surface area (Å²) in [5.74, 6) is 0. The molecule has 0 saturated carbocycles. The fourth-order valence-electron chi connectivity index (χ4n) is 1.38. The second kappa shape index (κ2) is 5.76. The van der Waals surface area contributed by atoms with Gasteiger partial charge in [0.25, 0.3) is 0 Å². The molecule has 0 unspecified atom stereocenters. The summed E-state index contributed by atoms with van der Waals surface area (Å²) < 4.78 is 0. The average molecular weight is 198 g/mol. The van der Waals surface area contributed by atoms with E-state index in [1.807, 2.05) is 12.9 Å². The van der Waals surface area contributed by atoms with Gasteiger partial charge in [-0.25, -0.2) is 0 Å². The van der Waals surface area contributed by atoms with Gasteiger partial charge in [-0.05, 0) is 18.1 Å². The van der Waals surface area contributed by atoms with Crippen LogP contribution in [0.25, 0.3) is 11.1 Å². The van der Waals surface area contributed by atoms with E-state index >= 15 is 0 Å². The van der Waals surface area contributed by atoms with Crippen molar-refractivity contribution in [2.24, 2.45) is 0 Å². The molecule has 2 aromatic carbocycles. The van der Waals surface area contributed by atoms with E-state index in [0.717, 1.165) is 0 Å². The summed E-state index contributed by atoms with van der Waals surface area (Å²) in [6.07, 6.45) is 0. The highest BCUT2D eigenvalue weighted by atomic mass is 16.1. The molecular weight excluding hydrogens is 184 g/mol. The van der Waals surface area contributed by atoms with E-state index in [-0.39, 0.29) is 0 Å². The molecule has 15 heavy (non-hydrogen) atoms. The van der Waals surface area contributed by atoms with Gasteiger partial charge in [0.2, 0.25) is 0 Å². The van der Waals surface area contributed by atoms with E-state index in [2.05, 4.69) is 55.5 Å². The number of hydrogen-bond donors (Lipinski definition) is 0. The lowest BCUT2D eigenvalue weighted by molar-refractivity contribution is -0.0979. The number of hydrogen-bond acceptors (Lipinski definition) is 1. The lowest BCUT2D eigenvalue weighted by Crippen LogP contribution is -1.76. The third-order valence-corrected chi connectivity index (χ3v) is 2.16. The molecule has 0 atom stereocenters. The van der Waals surface area contributed by atoms with E-state index in [1.165, 1.54) is 16.7 Å². The maximum absolute atomic E-state index is 8.00. The van der Waals surface area contributed by atoms with Crippen LogP contribution in [-0.4, -0.2) is 6.79 Å². The summed E-state index contributed by atoms with van der Waals surface area (Å²) in [5, 5.41) is 0. The van der Waals surface area contributed by atoms with E-state index in [9.17, 15) is 0 Å². The highest BCUT2D eigenvalue weighted by molar-refractivity contribution is 5.63. The molecule has 0 bridgehead atoms. The molecule has 2 aromatic rings. The molecule has 0 spiro atoms. The summed E-state index contributed by atoms with van der Waals surface area (Å²) in [6, 6.07) is 19.0. The van der Waals surface area contributed by atoms with Gasteiger partial charge in [-0.3, -0.25) is 0 Å². The molecule has 2 rings (SSSR count). The standard InChI is InChI=1S/C13H12.CH2O/c1-11-7-9-13(10-8-11)12-5-3-2-4-6-12;1-2/h2-10H,1H3;1H2. The van der Waals surface area contributed by atoms with Crippen LogP contribution in [0.3, 0.4) is 0 Å². The second-order valence-electron chi connectivity index (χ2n) is 3.23. The maximum atomic E-state index is 8.00. The largest absolute Gasteiger partial charge is 0.307 e. The third kappa shape index (κ3) is 3.06. The molecule has 0 aliphatic carbocycles. The first-order valence-electron chi connectivity index (χ1n) is 4.77. The van der Waals surface area contributed by atoms with Crippen LogP contribution >= 0.6 is 0 Å². The Bertz CT molecular complexity index is 389. The van der Waals surface area contributed by atoms with E-state index in [1.54, 1.807) is 0 Å². The molecule has 0 heterocycles. The van der Waals surface area contributed by atoms with Gasteiger partial charge in [0, 0.05) is 0 Å². The van der Waals surface area contributed by atoms with Crippen LogP contribution in [0.15, 0.2) is 54.6 Å². The molecule has 0 saturated heterocycles. The summed E-state index contributed by atoms with van der Waals surface area (Å²) in [5.41, 5.74) is 3.87. The van der Waals surface area contributed by atoms with Crippen LogP contribution in [0.1, 0.15) is 5.56 Å². The number of carbonyl (C=O) groups is 1. The minimum absolute atomic E-state index is 1.28. The fourth-order valence-corrected chi connectivity index (χ4v) is 1.38. The summed E-state index contributed by atoms with van der Waals surface area (Å²) in [7, 11) is 0. The predicted octanol–water partition coefficient (Wildman–Crippen LogP) is 3.48. The third-order valence-electron chi connectivity index (χ3n) is 2.16. The lowest BCUT2D eigenvalue weighted by atomic mass is 10.0. The van der Waals surface area contributed by atoms with Gasteiger partial charge in [-0.1, -0.05) is 60.2 Å². The van der Waals surface area contributed by atoms with Crippen LogP contribution in [0.4, 0.5) is 0 Å². The molecule has 1 heteroatoms. The van der Waals surface area contributed by atoms with Crippen molar-refractivity contribution in [2.75, 3.05) is 0 Å². The lowest BCUT2D eigenvalue weighted by Gasteiger charge is -2.00. The maximum Gasteiger partial charge on any atom is 0.106 e. The quantitative estimate of drug-likeness (QED) is 0.685. The second-order valence-corrected chi connectivity index (χ2v) is 3.23. The van der Waals surface area contributed by atoms with Gasteiger partial charge in [0.1, 0.15) is 6.79 Å². The van der Waals surface area contributed by atoms with Crippen molar-refractivity contribution in [3.63, 3.8) is 0 Å². The molecule has 0 radical (unpaired) electrons. The molecule has 1 nitrogen and oxygen atoms in total. The van der Waals surface area contributed by atoms with Gasteiger partial charge in [-0.2, -0.15) is 0 Å². The minimum Gasteiger partial charge on any atom is -0.307 e. The molecule has 0 N–H and O–H groups in total. The van der Waals surface area contributed by atoms with Crippen molar-refractivity contribution in [3.05, 3.63) is 60.2 Å². The predicted molar refractivity (Wildman–Crippen MR) is 63.7 cm³/mol. The van der Waals surface area contributed by atoms with Crippen LogP contribution in [0.5, 0.6) is 0 Å². The smallest absolute Gasteiger partial charge is 0.106 e. The Hall–Kier alpha value is -1.89. The van der Waals surface area contributed by atoms with Crippen molar-refractivity contribution in [2.45, 2.75) is 6.92 Å². The molecule has 0 amide bonds. The Morgan fingerprint density at radius 3 is 1.73 bits per heavy atom. The highest BCUT2D eigenvalue weighted by Crippen LogP contribution is 2.18. The van der Waals surface area contributed by atoms with Crippen molar-refractivity contribution in [1.29, 1.82) is 0 Å². The monoisotopic (exact) mass is 198 g/mol. The van der Waals surface area contributed by atoms with E-state index in [0.29, 0.717) is 0 Å². The first-order chi connectivity index (χ1) is 7.36. The normalized spacial score (nSPS) is 8.87. The van der Waals surface area contributed by atoms with Crippen molar-refractivity contribution >= 4 is 6.79 Å². The summed E-state index contributed by atoms with van der Waals surface area (Å²) in [4.78, 5) is 8.00. The van der Waals surface area contributed by atoms with Crippen molar-refractivity contribution < 1.29 is 4.79 Å². The Balaban J connectivity index is 0.000000531. The fraction of sp³-hybridized carbons (Fsp3) is 0.0714. The molecular formula is C14H14O. The van der Waals surface area contributed by atoms with E-state index in [4.69, 9.17) is 4.79 Å². The van der Waals surface area contributed by atoms with Crippen LogP contribution in [0.2, 0.25) is 0 Å². The Labute approximate surface area is 90.4 Å². The summed E-state index contributed by atoms with van der Waals surface area (Å²) >= 11 is 0. The molecule has 0 aromatic heterocycles. The highest BCUT2D eigenvalue weighted by Gasteiger charge is 1.93. The zero-order valence-electron chi connectivity index (χ0n) is 8.81. The number of rotatable bonds is 1. The van der Waals surface area contributed by atoms with Gasteiger partial charge < -0.3 is 4.79 Å². The van der Waals surface area contributed by atoms with Gasteiger partial charge >= 0.3 is 0 Å². The first kappa shape index (κ1) is 11.2. The summed E-state index contributed by atoms with van der Waals surface area (Å²) in [6.45, 7) is 4.11. The zero-order chi connectivity index (χ0) is 11.1. The first-order valence-corrected chi connectivity index (χ1v) is 4.77. The zero-order valence-corrected chi connectivity index (χ0v) is 8.81. The van der Waals surface area contributed by atoms with Crippen molar-refractivity contribution in [1.82, 2.24) is 0 Å². The number of carbonyl (C=O) groups excluding carboxylic acids is 1. The van der Waals surface area contributed by atoms with Gasteiger partial charge in [0.05, 0.1) is 0 Å². The molecule has 76 valence electrons. The SMILES string of the molecule is C=O.Cc1ccc(-c2ccccc2)cc1. The molecule has 0 fully saturated rings. The number of aryl methyl sites for hydroxylation is 1. The average Bonchev–Trinajstić information content (AvgIpc) is 2.34. The van der Waals surface area contributed by atoms with Crippen LogP contribution in [-0.2, 0) is 4.79 Å². The van der Waals surface area contributed by atoms with Gasteiger partial charge in [-0.15, -0.1) is 0 Å².